The van der Waals surface area contributed by atoms with Gasteiger partial charge in [-0.15, -0.1) is 0 Å². The first-order chi connectivity index (χ1) is 16.9. The maximum atomic E-state index is 13.2. The predicted octanol–water partition coefficient (Wildman–Crippen LogP) is 2.42. The molecule has 1 amide bonds. The molecule has 3 aromatic heterocycles. The molecule has 1 N–H and O–H groups in total. The molecule has 2 aliphatic rings. The summed E-state index contributed by atoms with van der Waals surface area (Å²) in [4.78, 5) is 40.9. The van der Waals surface area contributed by atoms with Gasteiger partial charge in [-0.25, -0.2) is 15.0 Å². The number of carbonyl (C=O) groups is 1. The van der Waals surface area contributed by atoms with Gasteiger partial charge in [-0.1, -0.05) is 18.2 Å². The van der Waals surface area contributed by atoms with Crippen LogP contribution in [-0.4, -0.2) is 58.7 Å². The van der Waals surface area contributed by atoms with Gasteiger partial charge in [0.1, 0.15) is 12.2 Å². The smallest absolute Gasteiger partial charge is 0.291 e. The molecule has 4 heterocycles. The standard InChI is InChI=1S/C25H26N6O4/c1-16-28-20-21(31(16)18-5-3-2-4-6-18)27-15-30(24(20)33)14-25(34)9-11-29(12-10-25)23(32)19-13-26-22(35-19)17-7-8-17/h2-6,13,15,17,34H,7-12,14H2,1H3. The van der Waals surface area contributed by atoms with Gasteiger partial charge in [-0.2, -0.15) is 0 Å². The molecule has 1 aliphatic heterocycles. The minimum atomic E-state index is -1.13. The van der Waals surface area contributed by atoms with Gasteiger partial charge in [0.15, 0.2) is 17.1 Å². The van der Waals surface area contributed by atoms with E-state index >= 15 is 0 Å². The van der Waals surface area contributed by atoms with Gasteiger partial charge in [0, 0.05) is 24.7 Å². The van der Waals surface area contributed by atoms with Crippen molar-refractivity contribution in [1.29, 1.82) is 0 Å². The third-order valence-electron chi connectivity index (χ3n) is 6.93. The van der Waals surface area contributed by atoms with E-state index in [-0.39, 0.29) is 29.3 Å². The number of aromatic nitrogens is 5. The van der Waals surface area contributed by atoms with Crippen LogP contribution in [-0.2, 0) is 6.54 Å². The Morgan fingerprint density at radius 1 is 1.17 bits per heavy atom. The van der Waals surface area contributed by atoms with E-state index in [1.54, 1.807) is 4.90 Å². The zero-order valence-electron chi connectivity index (χ0n) is 19.4. The first-order valence-corrected chi connectivity index (χ1v) is 11.9. The Morgan fingerprint density at radius 3 is 2.63 bits per heavy atom. The third kappa shape index (κ3) is 3.93. The SMILES string of the molecule is Cc1nc2c(=O)n(CC3(O)CCN(C(=O)c4cnc(C5CC5)o4)CC3)cnc2n1-c1ccccc1. The highest BCUT2D eigenvalue weighted by molar-refractivity contribution is 5.91. The summed E-state index contributed by atoms with van der Waals surface area (Å²) < 4.78 is 8.90. The molecule has 180 valence electrons. The van der Waals surface area contributed by atoms with Gasteiger partial charge in [-0.3, -0.25) is 18.7 Å². The molecule has 2 fully saturated rings. The van der Waals surface area contributed by atoms with Gasteiger partial charge < -0.3 is 14.4 Å². The minimum absolute atomic E-state index is 0.0855. The highest BCUT2D eigenvalue weighted by Crippen LogP contribution is 2.39. The molecule has 1 saturated heterocycles. The van der Waals surface area contributed by atoms with E-state index in [0.717, 1.165) is 18.5 Å². The molecule has 6 rings (SSSR count). The van der Waals surface area contributed by atoms with Crippen LogP contribution < -0.4 is 5.56 Å². The van der Waals surface area contributed by atoms with Crippen molar-refractivity contribution < 1.29 is 14.3 Å². The second kappa shape index (κ2) is 8.16. The molecule has 0 atom stereocenters. The lowest BCUT2D eigenvalue weighted by molar-refractivity contribution is -0.0304. The second-order valence-electron chi connectivity index (χ2n) is 9.53. The number of aryl methyl sites for hydroxylation is 1. The fourth-order valence-electron chi connectivity index (χ4n) is 4.76. The Labute approximate surface area is 200 Å². The van der Waals surface area contributed by atoms with E-state index < -0.39 is 5.60 Å². The first-order valence-electron chi connectivity index (χ1n) is 11.9. The van der Waals surface area contributed by atoms with E-state index in [1.165, 1.54) is 17.1 Å². The van der Waals surface area contributed by atoms with Crippen molar-refractivity contribution in [2.24, 2.45) is 0 Å². The number of hydrogen-bond acceptors (Lipinski definition) is 7. The van der Waals surface area contributed by atoms with Crippen molar-refractivity contribution in [3.05, 3.63) is 70.7 Å². The molecule has 0 radical (unpaired) electrons. The van der Waals surface area contributed by atoms with Crippen molar-refractivity contribution in [2.75, 3.05) is 13.1 Å². The fourth-order valence-corrected chi connectivity index (χ4v) is 4.76. The Balaban J connectivity index is 1.18. The van der Waals surface area contributed by atoms with Crippen LogP contribution in [0.1, 0.15) is 53.9 Å². The summed E-state index contributed by atoms with van der Waals surface area (Å²) in [5.74, 6) is 1.67. The number of aliphatic hydroxyl groups is 1. The zero-order valence-corrected chi connectivity index (χ0v) is 19.4. The number of imidazole rings is 1. The van der Waals surface area contributed by atoms with E-state index in [0.29, 0.717) is 49.2 Å². The molecule has 10 nitrogen and oxygen atoms in total. The van der Waals surface area contributed by atoms with E-state index in [1.807, 2.05) is 41.8 Å². The van der Waals surface area contributed by atoms with Gasteiger partial charge in [-0.05, 0) is 44.7 Å². The van der Waals surface area contributed by atoms with Crippen LogP contribution in [0.2, 0.25) is 0 Å². The molecule has 10 heteroatoms. The third-order valence-corrected chi connectivity index (χ3v) is 6.93. The number of rotatable bonds is 5. The van der Waals surface area contributed by atoms with E-state index in [2.05, 4.69) is 15.0 Å². The summed E-state index contributed by atoms with van der Waals surface area (Å²) in [6, 6.07) is 9.63. The molecule has 1 aromatic carbocycles. The van der Waals surface area contributed by atoms with E-state index in [4.69, 9.17) is 4.42 Å². The number of fused-ring (bicyclic) bond motifs is 1. The van der Waals surface area contributed by atoms with Crippen LogP contribution in [0.3, 0.4) is 0 Å². The van der Waals surface area contributed by atoms with Crippen molar-refractivity contribution in [2.45, 2.75) is 50.7 Å². The highest BCUT2D eigenvalue weighted by Gasteiger charge is 2.36. The maximum absolute atomic E-state index is 13.2. The van der Waals surface area contributed by atoms with Gasteiger partial charge >= 0.3 is 0 Å². The van der Waals surface area contributed by atoms with Crippen molar-refractivity contribution in [1.82, 2.24) is 29.0 Å². The lowest BCUT2D eigenvalue weighted by Gasteiger charge is -2.38. The lowest BCUT2D eigenvalue weighted by Crippen LogP contribution is -2.49. The normalized spacial score (nSPS) is 17.7. The number of oxazole rings is 1. The summed E-state index contributed by atoms with van der Waals surface area (Å²) in [6.07, 6.45) is 5.74. The molecule has 4 aromatic rings. The number of hydrogen-bond donors (Lipinski definition) is 1. The van der Waals surface area contributed by atoms with Crippen molar-refractivity contribution >= 4 is 17.1 Å². The van der Waals surface area contributed by atoms with Crippen molar-refractivity contribution in [3.8, 4) is 5.69 Å². The van der Waals surface area contributed by atoms with Gasteiger partial charge in [0.05, 0.1) is 18.3 Å². The highest BCUT2D eigenvalue weighted by atomic mass is 16.4. The summed E-state index contributed by atoms with van der Waals surface area (Å²) in [5, 5.41) is 11.2. The quantitative estimate of drug-likeness (QED) is 0.472. The molecular formula is C25H26N6O4. The van der Waals surface area contributed by atoms with Gasteiger partial charge in [0.2, 0.25) is 5.76 Å². The zero-order chi connectivity index (χ0) is 24.2. The Kier molecular flexibility index (Phi) is 5.06. The molecule has 0 spiro atoms. The summed E-state index contributed by atoms with van der Waals surface area (Å²) in [5.41, 5.74) is 0.202. The maximum Gasteiger partial charge on any atom is 0.291 e. The summed E-state index contributed by atoms with van der Waals surface area (Å²) in [7, 11) is 0. The molecular weight excluding hydrogens is 448 g/mol. The predicted molar refractivity (Wildman–Crippen MR) is 126 cm³/mol. The number of piperidine rings is 1. The number of amides is 1. The average molecular weight is 475 g/mol. The van der Waals surface area contributed by atoms with Gasteiger partial charge in [0.25, 0.3) is 11.5 Å². The van der Waals surface area contributed by atoms with Crippen LogP contribution in [0, 0.1) is 6.92 Å². The number of nitrogens with zero attached hydrogens (tertiary/aromatic N) is 6. The van der Waals surface area contributed by atoms with E-state index in [9.17, 15) is 14.7 Å². The van der Waals surface area contributed by atoms with Crippen LogP contribution in [0.5, 0.6) is 0 Å². The molecule has 0 unspecified atom stereocenters. The summed E-state index contributed by atoms with van der Waals surface area (Å²) in [6.45, 7) is 2.64. The number of carbonyl (C=O) groups excluding carboxylic acids is 1. The molecule has 35 heavy (non-hydrogen) atoms. The minimum Gasteiger partial charge on any atom is -0.435 e. The number of para-hydroxylation sites is 1. The largest absolute Gasteiger partial charge is 0.435 e. The average Bonchev–Trinajstić information content (AvgIpc) is 3.49. The van der Waals surface area contributed by atoms with Crippen molar-refractivity contribution in [3.63, 3.8) is 0 Å². The fraction of sp³-hybridized carbons (Fsp3) is 0.400. The molecule has 0 bridgehead atoms. The van der Waals surface area contributed by atoms with Crippen LogP contribution in [0.25, 0.3) is 16.9 Å². The Morgan fingerprint density at radius 2 is 1.91 bits per heavy atom. The van der Waals surface area contributed by atoms with Crippen LogP contribution >= 0.6 is 0 Å². The monoisotopic (exact) mass is 474 g/mol. The molecule has 1 aliphatic carbocycles. The summed E-state index contributed by atoms with van der Waals surface area (Å²) >= 11 is 0. The Hall–Kier alpha value is -3.79. The van der Waals surface area contributed by atoms with Crippen LogP contribution in [0.4, 0.5) is 0 Å². The number of benzene rings is 1. The second-order valence-corrected chi connectivity index (χ2v) is 9.53. The number of likely N-dealkylation sites (tertiary alicyclic amines) is 1. The lowest BCUT2D eigenvalue weighted by atomic mass is 9.91. The van der Waals surface area contributed by atoms with Crippen LogP contribution in [0.15, 0.2) is 52.1 Å². The topological polar surface area (TPSA) is 119 Å². The molecule has 1 saturated carbocycles. The first kappa shape index (κ1) is 21.7. The Bertz CT molecular complexity index is 1460.